The number of aromatic nitrogens is 4. The highest BCUT2D eigenvalue weighted by Crippen LogP contribution is 2.37. The molecule has 13 heteroatoms. The molecule has 2 amide bonds. The lowest BCUT2D eigenvalue weighted by atomic mass is 9.89. The van der Waals surface area contributed by atoms with Crippen LogP contribution in [-0.2, 0) is 11.0 Å². The average molecular weight is 437 g/mol. The Balaban J connectivity index is 2.04. The number of urea groups is 1. The highest BCUT2D eigenvalue weighted by atomic mass is 32.1. The van der Waals surface area contributed by atoms with Crippen molar-refractivity contribution in [2.75, 3.05) is 10.6 Å². The van der Waals surface area contributed by atoms with Gasteiger partial charge in [0.15, 0.2) is 0 Å². The van der Waals surface area contributed by atoms with Gasteiger partial charge in [-0.25, -0.2) is 19.7 Å². The maximum atomic E-state index is 12.9. The Morgan fingerprint density at radius 2 is 1.80 bits per heavy atom. The molecule has 0 radical (unpaired) electrons. The fourth-order valence-corrected chi connectivity index (χ4v) is 3.49. The van der Waals surface area contributed by atoms with E-state index in [1.807, 2.05) is 0 Å². The standard InChI is InChI=1S/C17H14F3N7O2S/c1-8(28)12(10-6-23-14(21)24-7-10)9-3-2-4-11(5-9)27(15(22)29)16-26-25-13(30-16)17(18,19)20/h2-7,12H,1H3,(H2,22,29)(H2,21,23,24). The summed E-state index contributed by atoms with van der Waals surface area (Å²) in [6, 6.07) is 4.97. The lowest BCUT2D eigenvalue weighted by molar-refractivity contribution is -0.138. The number of nitrogens with two attached hydrogens (primary N) is 2. The topological polar surface area (TPSA) is 141 Å². The van der Waals surface area contributed by atoms with E-state index in [2.05, 4.69) is 20.2 Å². The first-order chi connectivity index (χ1) is 14.1. The first-order valence-electron chi connectivity index (χ1n) is 8.26. The average Bonchev–Trinajstić information content (AvgIpc) is 3.13. The lowest BCUT2D eigenvalue weighted by Crippen LogP contribution is -2.31. The number of primary amides is 1. The molecule has 0 aliphatic rings. The van der Waals surface area contributed by atoms with E-state index in [4.69, 9.17) is 11.5 Å². The largest absolute Gasteiger partial charge is 0.445 e. The van der Waals surface area contributed by atoms with Gasteiger partial charge in [0.05, 0.1) is 11.6 Å². The van der Waals surface area contributed by atoms with E-state index in [0.717, 1.165) is 4.90 Å². The predicted molar refractivity (Wildman–Crippen MR) is 102 cm³/mol. The summed E-state index contributed by atoms with van der Waals surface area (Å²) >= 11 is 0.167. The normalized spacial score (nSPS) is 12.4. The van der Waals surface area contributed by atoms with Gasteiger partial charge in [-0.05, 0) is 24.6 Å². The fourth-order valence-electron chi connectivity index (χ4n) is 2.75. The van der Waals surface area contributed by atoms with Crippen LogP contribution in [-0.4, -0.2) is 32.0 Å². The molecule has 3 rings (SSSR count). The minimum Gasteiger partial charge on any atom is -0.368 e. The third-order valence-corrected chi connectivity index (χ3v) is 4.92. The smallest absolute Gasteiger partial charge is 0.368 e. The van der Waals surface area contributed by atoms with Crippen LogP contribution in [0.3, 0.4) is 0 Å². The first-order valence-corrected chi connectivity index (χ1v) is 9.07. The van der Waals surface area contributed by atoms with E-state index >= 15 is 0 Å². The Bertz CT molecular complexity index is 1090. The molecule has 156 valence electrons. The number of nitrogen functional groups attached to an aromatic ring is 1. The van der Waals surface area contributed by atoms with Crippen molar-refractivity contribution < 1.29 is 22.8 Å². The van der Waals surface area contributed by atoms with Crippen LogP contribution >= 0.6 is 11.3 Å². The molecular weight excluding hydrogens is 423 g/mol. The number of ketones is 1. The number of amides is 2. The van der Waals surface area contributed by atoms with Crippen molar-refractivity contribution in [3.63, 3.8) is 0 Å². The SMILES string of the molecule is CC(=O)C(c1cnc(N)nc1)c1cccc(N(C(N)=O)c2nnc(C(F)(F)F)s2)c1. The van der Waals surface area contributed by atoms with Crippen LogP contribution < -0.4 is 16.4 Å². The van der Waals surface area contributed by atoms with Crippen molar-refractivity contribution >= 4 is 39.9 Å². The molecule has 2 aromatic heterocycles. The van der Waals surface area contributed by atoms with Gasteiger partial charge in [-0.15, -0.1) is 10.2 Å². The van der Waals surface area contributed by atoms with Gasteiger partial charge in [-0.1, -0.05) is 23.5 Å². The van der Waals surface area contributed by atoms with Gasteiger partial charge in [0.1, 0.15) is 5.78 Å². The molecule has 0 saturated carbocycles. The highest BCUT2D eigenvalue weighted by Gasteiger charge is 2.37. The molecule has 0 aliphatic heterocycles. The number of alkyl halides is 3. The maximum Gasteiger partial charge on any atom is 0.445 e. The van der Waals surface area contributed by atoms with Gasteiger partial charge in [-0.2, -0.15) is 13.2 Å². The Morgan fingerprint density at radius 3 is 2.33 bits per heavy atom. The zero-order valence-electron chi connectivity index (χ0n) is 15.3. The van der Waals surface area contributed by atoms with Crippen LogP contribution in [0.1, 0.15) is 29.0 Å². The van der Waals surface area contributed by atoms with Gasteiger partial charge in [0, 0.05) is 18.0 Å². The van der Waals surface area contributed by atoms with E-state index in [0.29, 0.717) is 11.1 Å². The minimum absolute atomic E-state index is 0.0337. The lowest BCUT2D eigenvalue weighted by Gasteiger charge is -2.20. The molecule has 0 fully saturated rings. The second-order valence-corrected chi connectivity index (χ2v) is 7.03. The van der Waals surface area contributed by atoms with Crippen LogP contribution in [0.15, 0.2) is 36.7 Å². The van der Waals surface area contributed by atoms with E-state index in [9.17, 15) is 22.8 Å². The predicted octanol–water partition coefficient (Wildman–Crippen LogP) is 2.87. The molecule has 4 N–H and O–H groups in total. The van der Waals surface area contributed by atoms with Crippen LogP contribution in [0.2, 0.25) is 0 Å². The molecule has 0 aliphatic carbocycles. The van der Waals surface area contributed by atoms with Crippen molar-refractivity contribution in [2.24, 2.45) is 5.73 Å². The molecule has 30 heavy (non-hydrogen) atoms. The Kier molecular flexibility index (Phi) is 5.64. The van der Waals surface area contributed by atoms with Crippen molar-refractivity contribution in [3.05, 3.63) is 52.8 Å². The summed E-state index contributed by atoms with van der Waals surface area (Å²) in [5.74, 6) is -1.01. The maximum absolute atomic E-state index is 12.9. The zero-order chi connectivity index (χ0) is 22.1. The summed E-state index contributed by atoms with van der Waals surface area (Å²) < 4.78 is 38.6. The van der Waals surface area contributed by atoms with E-state index in [1.165, 1.54) is 37.5 Å². The highest BCUT2D eigenvalue weighted by molar-refractivity contribution is 7.15. The molecular formula is C17H14F3N7O2S. The van der Waals surface area contributed by atoms with Gasteiger partial charge in [0.25, 0.3) is 0 Å². The van der Waals surface area contributed by atoms with E-state index in [1.54, 1.807) is 6.07 Å². The molecule has 0 bridgehead atoms. The van der Waals surface area contributed by atoms with E-state index in [-0.39, 0.29) is 33.9 Å². The van der Waals surface area contributed by atoms with E-state index < -0.39 is 23.1 Å². The number of nitrogens with zero attached hydrogens (tertiary/aromatic N) is 5. The fraction of sp³-hybridized carbons (Fsp3) is 0.176. The number of carbonyl (C=O) groups excluding carboxylic acids is 2. The molecule has 0 saturated heterocycles. The molecule has 1 aromatic carbocycles. The van der Waals surface area contributed by atoms with Gasteiger partial charge in [0.2, 0.25) is 16.1 Å². The van der Waals surface area contributed by atoms with Crippen LogP contribution in [0.25, 0.3) is 0 Å². The Labute approximate surface area is 171 Å². The van der Waals surface area contributed by atoms with Crippen LogP contribution in [0.4, 0.5) is 34.7 Å². The zero-order valence-corrected chi connectivity index (χ0v) is 16.1. The molecule has 9 nitrogen and oxygen atoms in total. The molecule has 2 heterocycles. The number of rotatable bonds is 5. The molecule has 1 unspecified atom stereocenters. The molecule has 1 atom stereocenters. The van der Waals surface area contributed by atoms with Crippen molar-refractivity contribution in [1.82, 2.24) is 20.2 Å². The van der Waals surface area contributed by atoms with Crippen molar-refractivity contribution in [1.29, 1.82) is 0 Å². The van der Waals surface area contributed by atoms with Crippen molar-refractivity contribution in [3.8, 4) is 0 Å². The molecule has 0 spiro atoms. The summed E-state index contributed by atoms with van der Waals surface area (Å²) in [4.78, 5) is 32.8. The monoisotopic (exact) mass is 437 g/mol. The Hall–Kier alpha value is -3.61. The number of benzene rings is 1. The summed E-state index contributed by atoms with van der Waals surface area (Å²) in [6.45, 7) is 1.36. The quantitative estimate of drug-likeness (QED) is 0.625. The number of anilines is 3. The van der Waals surface area contributed by atoms with Gasteiger partial charge in [-0.3, -0.25) is 4.79 Å². The summed E-state index contributed by atoms with van der Waals surface area (Å²) in [5.41, 5.74) is 11.9. The van der Waals surface area contributed by atoms with Gasteiger partial charge >= 0.3 is 12.2 Å². The van der Waals surface area contributed by atoms with Crippen LogP contribution in [0, 0.1) is 0 Å². The first kappa shape index (κ1) is 21.1. The third-order valence-electron chi connectivity index (χ3n) is 3.96. The van der Waals surface area contributed by atoms with Gasteiger partial charge < -0.3 is 11.5 Å². The number of hydrogen-bond donors (Lipinski definition) is 2. The Morgan fingerprint density at radius 1 is 1.13 bits per heavy atom. The second-order valence-electron chi connectivity index (χ2n) is 6.07. The summed E-state index contributed by atoms with van der Waals surface area (Å²) in [7, 11) is 0. The summed E-state index contributed by atoms with van der Waals surface area (Å²) in [5, 5.41) is 4.92. The summed E-state index contributed by atoms with van der Waals surface area (Å²) in [6.07, 6.45) is -1.92. The minimum atomic E-state index is -4.71. The number of hydrogen-bond acceptors (Lipinski definition) is 8. The van der Waals surface area contributed by atoms with Crippen LogP contribution in [0.5, 0.6) is 0 Å². The molecule has 3 aromatic rings. The second kappa shape index (κ2) is 8.02. The number of Topliss-reactive ketones (excluding diaryl/α,β-unsaturated/α-hetero) is 1. The third kappa shape index (κ3) is 4.35. The number of carbonyl (C=O) groups is 2. The van der Waals surface area contributed by atoms with Crippen molar-refractivity contribution in [2.45, 2.75) is 19.0 Å². The number of halogens is 3.